The van der Waals surface area contributed by atoms with Crippen LogP contribution in [-0.4, -0.2) is 46.4 Å². The molecule has 2 N–H and O–H groups in total. The second-order valence-corrected chi connectivity index (χ2v) is 8.81. The number of hydrogen-bond donors (Lipinski definition) is 2. The van der Waals surface area contributed by atoms with Gasteiger partial charge in [-0.1, -0.05) is 45.2 Å². The number of nitrogens with one attached hydrogen (secondary N) is 2. The molecule has 0 aliphatic heterocycles. The molecular weight excluding hydrogens is 348 g/mol. The first-order valence-electron chi connectivity index (χ1n) is 9.31. The highest BCUT2D eigenvalue weighted by Gasteiger charge is 2.16. The zero-order valence-electron chi connectivity index (χ0n) is 16.7. The number of rotatable bonds is 10. The van der Waals surface area contributed by atoms with E-state index in [1.165, 1.54) is 37.7 Å². The summed E-state index contributed by atoms with van der Waals surface area (Å²) in [5.41, 5.74) is 1.00. The number of guanidine groups is 1. The lowest BCUT2D eigenvalue weighted by atomic mass is 9.99. The average molecular weight is 383 g/mol. The Bertz CT molecular complexity index is 655. The molecule has 0 spiro atoms. The highest BCUT2D eigenvalue weighted by molar-refractivity contribution is 7.89. The van der Waals surface area contributed by atoms with Crippen molar-refractivity contribution in [2.45, 2.75) is 51.0 Å². The maximum absolute atomic E-state index is 12.1. The lowest BCUT2D eigenvalue weighted by Gasteiger charge is -2.18. The lowest BCUT2D eigenvalue weighted by Crippen LogP contribution is -2.39. The zero-order valence-corrected chi connectivity index (χ0v) is 17.6. The van der Waals surface area contributed by atoms with Gasteiger partial charge in [0.05, 0.1) is 4.90 Å². The van der Waals surface area contributed by atoms with Gasteiger partial charge < -0.3 is 10.6 Å². The normalized spacial score (nSPS) is 13.7. The van der Waals surface area contributed by atoms with Gasteiger partial charge in [-0.2, -0.15) is 0 Å². The quantitative estimate of drug-likeness (QED) is 0.482. The molecule has 1 unspecified atom stereocenters. The molecule has 0 aromatic heterocycles. The van der Waals surface area contributed by atoms with Crippen LogP contribution < -0.4 is 10.6 Å². The Kier molecular flexibility index (Phi) is 9.65. The second-order valence-electron chi connectivity index (χ2n) is 6.65. The predicted molar refractivity (Wildman–Crippen MR) is 109 cm³/mol. The summed E-state index contributed by atoms with van der Waals surface area (Å²) >= 11 is 0. The Morgan fingerprint density at radius 3 is 2.31 bits per heavy atom. The van der Waals surface area contributed by atoms with Crippen molar-refractivity contribution in [3.8, 4) is 0 Å². The van der Waals surface area contributed by atoms with Crippen LogP contribution in [-0.2, 0) is 16.6 Å². The van der Waals surface area contributed by atoms with Crippen LogP contribution in [0.4, 0.5) is 0 Å². The molecule has 0 radical (unpaired) electrons. The fourth-order valence-electron chi connectivity index (χ4n) is 2.58. The third-order valence-electron chi connectivity index (χ3n) is 4.49. The van der Waals surface area contributed by atoms with Crippen molar-refractivity contribution >= 4 is 16.0 Å². The summed E-state index contributed by atoms with van der Waals surface area (Å²) in [6.07, 6.45) is 4.88. The van der Waals surface area contributed by atoms with Gasteiger partial charge in [0, 0.05) is 34.2 Å². The van der Waals surface area contributed by atoms with Crippen LogP contribution in [0.25, 0.3) is 0 Å². The van der Waals surface area contributed by atoms with Crippen LogP contribution in [0.3, 0.4) is 0 Å². The van der Waals surface area contributed by atoms with Crippen molar-refractivity contribution in [2.24, 2.45) is 10.9 Å². The van der Waals surface area contributed by atoms with E-state index in [9.17, 15) is 8.42 Å². The Morgan fingerprint density at radius 1 is 1.15 bits per heavy atom. The molecular formula is C19H34N4O2S. The van der Waals surface area contributed by atoms with Gasteiger partial charge in [0.2, 0.25) is 10.0 Å². The second kappa shape index (κ2) is 11.2. The summed E-state index contributed by atoms with van der Waals surface area (Å²) in [6, 6.07) is 6.93. The predicted octanol–water partition coefficient (Wildman–Crippen LogP) is 2.82. The van der Waals surface area contributed by atoms with Crippen molar-refractivity contribution in [2.75, 3.05) is 27.7 Å². The number of hydrogen-bond acceptors (Lipinski definition) is 3. The minimum atomic E-state index is -3.38. The van der Waals surface area contributed by atoms with E-state index in [1.54, 1.807) is 19.2 Å². The Hall–Kier alpha value is -1.60. The molecule has 0 saturated carbocycles. The number of nitrogens with zero attached hydrogens (tertiary/aromatic N) is 2. The molecule has 1 atom stereocenters. The average Bonchev–Trinajstić information content (AvgIpc) is 2.64. The van der Waals surface area contributed by atoms with E-state index in [0.717, 1.165) is 24.5 Å². The van der Waals surface area contributed by atoms with Crippen LogP contribution in [0.2, 0.25) is 0 Å². The van der Waals surface area contributed by atoms with Crippen molar-refractivity contribution in [1.29, 1.82) is 0 Å². The fraction of sp³-hybridized carbons (Fsp3) is 0.632. The molecule has 6 nitrogen and oxygen atoms in total. The van der Waals surface area contributed by atoms with Gasteiger partial charge in [-0.05, 0) is 30.0 Å². The number of unbranched alkanes of at least 4 members (excludes halogenated alkanes) is 1. The number of aliphatic imine (C=N–C) groups is 1. The Labute approximate surface area is 159 Å². The van der Waals surface area contributed by atoms with Gasteiger partial charge in [-0.15, -0.1) is 0 Å². The Balaban J connectivity index is 2.56. The molecule has 0 fully saturated rings. The lowest BCUT2D eigenvalue weighted by molar-refractivity contribution is 0.443. The van der Waals surface area contributed by atoms with Crippen LogP contribution in [0.15, 0.2) is 34.2 Å². The summed E-state index contributed by atoms with van der Waals surface area (Å²) < 4.78 is 25.4. The molecule has 1 rings (SSSR count). The molecule has 1 aromatic rings. The summed E-state index contributed by atoms with van der Waals surface area (Å²) in [5.74, 6) is 1.42. The largest absolute Gasteiger partial charge is 0.356 e. The highest BCUT2D eigenvalue weighted by Crippen LogP contribution is 2.14. The van der Waals surface area contributed by atoms with Gasteiger partial charge in [-0.3, -0.25) is 4.99 Å². The molecule has 1 aromatic carbocycles. The van der Waals surface area contributed by atoms with Gasteiger partial charge in [-0.25, -0.2) is 12.7 Å². The van der Waals surface area contributed by atoms with Crippen LogP contribution in [0.5, 0.6) is 0 Å². The van der Waals surface area contributed by atoms with E-state index < -0.39 is 10.0 Å². The molecule has 148 valence electrons. The molecule has 0 aliphatic rings. The molecule has 0 amide bonds. The minimum Gasteiger partial charge on any atom is -0.356 e. The molecule has 0 bridgehead atoms. The summed E-state index contributed by atoms with van der Waals surface area (Å²) in [6.45, 7) is 5.95. The van der Waals surface area contributed by atoms with Gasteiger partial charge in [0.1, 0.15) is 0 Å². The SMILES string of the molecule is CCCCC(CC)CNC(=NC)NCc1ccc(S(=O)(=O)N(C)C)cc1. The Morgan fingerprint density at radius 2 is 1.81 bits per heavy atom. The van der Waals surface area contributed by atoms with E-state index in [1.807, 2.05) is 12.1 Å². The van der Waals surface area contributed by atoms with Crippen molar-refractivity contribution in [1.82, 2.24) is 14.9 Å². The third kappa shape index (κ3) is 6.96. The topological polar surface area (TPSA) is 73.8 Å². The molecule has 0 aliphatic carbocycles. The summed E-state index contributed by atoms with van der Waals surface area (Å²) in [4.78, 5) is 4.56. The summed E-state index contributed by atoms with van der Waals surface area (Å²) in [7, 11) is 1.44. The summed E-state index contributed by atoms with van der Waals surface area (Å²) in [5, 5.41) is 6.67. The van der Waals surface area contributed by atoms with Gasteiger partial charge in [0.25, 0.3) is 0 Å². The van der Waals surface area contributed by atoms with Crippen molar-refractivity contribution in [3.05, 3.63) is 29.8 Å². The monoisotopic (exact) mass is 382 g/mol. The third-order valence-corrected chi connectivity index (χ3v) is 6.32. The first-order valence-corrected chi connectivity index (χ1v) is 10.7. The van der Waals surface area contributed by atoms with E-state index >= 15 is 0 Å². The van der Waals surface area contributed by atoms with Gasteiger partial charge in [0.15, 0.2) is 5.96 Å². The van der Waals surface area contributed by atoms with E-state index in [4.69, 9.17) is 0 Å². The highest BCUT2D eigenvalue weighted by atomic mass is 32.2. The number of sulfonamides is 1. The molecule has 26 heavy (non-hydrogen) atoms. The van der Waals surface area contributed by atoms with Crippen LogP contribution in [0, 0.1) is 5.92 Å². The maximum Gasteiger partial charge on any atom is 0.242 e. The van der Waals surface area contributed by atoms with Crippen molar-refractivity contribution in [3.63, 3.8) is 0 Å². The van der Waals surface area contributed by atoms with E-state index in [0.29, 0.717) is 17.4 Å². The standard InChI is InChI=1S/C19H34N4O2S/c1-6-8-9-16(7-2)14-21-19(20-3)22-15-17-10-12-18(13-11-17)26(24,25)23(4)5/h10-13,16H,6-9,14-15H2,1-5H3,(H2,20,21,22). The van der Waals surface area contributed by atoms with E-state index in [-0.39, 0.29) is 0 Å². The van der Waals surface area contributed by atoms with Crippen LogP contribution in [0.1, 0.15) is 45.1 Å². The van der Waals surface area contributed by atoms with E-state index in [2.05, 4.69) is 29.5 Å². The van der Waals surface area contributed by atoms with Crippen LogP contribution >= 0.6 is 0 Å². The molecule has 7 heteroatoms. The van der Waals surface area contributed by atoms with Gasteiger partial charge >= 0.3 is 0 Å². The molecule has 0 heterocycles. The first kappa shape index (κ1) is 22.4. The number of benzene rings is 1. The smallest absolute Gasteiger partial charge is 0.242 e. The minimum absolute atomic E-state index is 0.301. The first-order chi connectivity index (χ1) is 12.3. The zero-order chi connectivity index (χ0) is 19.6. The van der Waals surface area contributed by atoms with Crippen molar-refractivity contribution < 1.29 is 8.42 Å². The maximum atomic E-state index is 12.1. The fourth-order valence-corrected chi connectivity index (χ4v) is 3.48. The molecule has 0 saturated heterocycles.